The zero-order valence-corrected chi connectivity index (χ0v) is 7.27. The van der Waals surface area contributed by atoms with E-state index in [9.17, 15) is 9.59 Å². The van der Waals surface area contributed by atoms with Gasteiger partial charge in [-0.05, 0) is 6.92 Å². The van der Waals surface area contributed by atoms with Crippen LogP contribution in [0, 0.1) is 0 Å². The number of carbonyl (C=O) groups excluding carboxylic acids is 1. The molecule has 0 bridgehead atoms. The Morgan fingerprint density at radius 2 is 2.31 bits per heavy atom. The third-order valence-corrected chi connectivity index (χ3v) is 1.32. The maximum Gasteiger partial charge on any atom is 0.414 e. The lowest BCUT2D eigenvalue weighted by Gasteiger charge is -1.93. The summed E-state index contributed by atoms with van der Waals surface area (Å²) >= 11 is 0.586. The normalized spacial score (nSPS) is 8.54. The fraction of sp³-hybridized carbons (Fsp3) is 0.400. The Labute approximate surface area is 75.0 Å². The lowest BCUT2D eigenvalue weighted by Crippen LogP contribution is -2.04. The average Bonchev–Trinajstić information content (AvgIpc) is 2.56. The van der Waals surface area contributed by atoms with E-state index in [-0.39, 0.29) is 12.5 Å². The van der Waals surface area contributed by atoms with Crippen molar-refractivity contribution < 1.29 is 23.1 Å². The highest BCUT2D eigenvalue weighted by Crippen LogP contribution is 1.95. The van der Waals surface area contributed by atoms with Crippen molar-refractivity contribution in [1.82, 2.24) is 4.37 Å². The predicted octanol–water partition coefficient (Wildman–Crippen LogP) is 1.11. The van der Waals surface area contributed by atoms with Crippen LogP contribution in [0.25, 0.3) is 0 Å². The first-order valence-corrected chi connectivity index (χ1v) is 3.79. The van der Waals surface area contributed by atoms with Crippen molar-refractivity contribution in [3.05, 3.63) is 15.6 Å². The Morgan fingerprint density at radius 3 is 2.69 bits per heavy atom. The molecule has 0 aromatic carbocycles. The fourth-order valence-electron chi connectivity index (χ4n) is 0.467. The van der Waals surface area contributed by atoms with Gasteiger partial charge < -0.3 is 9.15 Å². The van der Waals surface area contributed by atoms with E-state index in [1.165, 1.54) is 0 Å². The van der Waals surface area contributed by atoms with Gasteiger partial charge in [-0.25, -0.2) is 9.59 Å². The third kappa shape index (κ3) is 3.74. The average molecular weight is 213 g/mol. The highest BCUT2D eigenvalue weighted by atomic mass is 32.1. The Morgan fingerprint density at radius 1 is 1.69 bits per heavy atom. The maximum atomic E-state index is 10.7. The number of nitrogens with zero attached hydrogens (tertiary/aromatic N) is 1. The molecule has 0 aliphatic carbocycles. The second-order valence-corrected chi connectivity index (χ2v) is 2.26. The first-order chi connectivity index (χ1) is 6.24. The Balaban J connectivity index is 0.000000671. The molecule has 74 valence electrons. The summed E-state index contributed by atoms with van der Waals surface area (Å²) < 4.78 is 28.3. The summed E-state index contributed by atoms with van der Waals surface area (Å²) in [4.78, 5) is 20.5. The minimum Gasteiger partial charge on any atom is -0.459 e. The zero-order chi connectivity index (χ0) is 10.3. The van der Waals surface area contributed by atoms with Gasteiger partial charge in [0.1, 0.15) is 0 Å². The van der Waals surface area contributed by atoms with Crippen LogP contribution >= 0.6 is 11.5 Å². The number of hydrogen-bond acceptors (Lipinski definition) is 6. The Bertz CT molecular complexity index is 309. The molecule has 0 atom stereocenters. The largest absolute Gasteiger partial charge is 0.459 e. The molecule has 13 heavy (non-hydrogen) atoms. The van der Waals surface area contributed by atoms with Gasteiger partial charge in [0.05, 0.1) is 18.1 Å². The topological polar surface area (TPSA) is 69.4 Å². The van der Waals surface area contributed by atoms with Gasteiger partial charge in [-0.3, -0.25) is 0 Å². The molecule has 0 radical (unpaired) electrons. The summed E-state index contributed by atoms with van der Waals surface area (Å²) in [6.07, 6.45) is 0. The van der Waals surface area contributed by atoms with Gasteiger partial charge in [0.15, 0.2) is 0 Å². The van der Waals surface area contributed by atoms with Crippen LogP contribution < -0.4 is 4.94 Å². The lowest BCUT2D eigenvalue weighted by atomic mass is 10.7. The van der Waals surface area contributed by atoms with Gasteiger partial charge in [0.2, 0.25) is 0 Å². The summed E-state index contributed by atoms with van der Waals surface area (Å²) in [6, 6.07) is 0. The molecule has 1 heterocycles. The molecule has 8 heteroatoms. The third-order valence-electron chi connectivity index (χ3n) is 0.833. The van der Waals surface area contributed by atoms with Crippen molar-refractivity contribution in [3.8, 4) is 0 Å². The summed E-state index contributed by atoms with van der Waals surface area (Å²) in [6.45, 7) is 1.89. The van der Waals surface area contributed by atoms with Crippen LogP contribution in [-0.2, 0) is 4.74 Å². The summed E-state index contributed by atoms with van der Waals surface area (Å²) in [5.74, 6) is -0.979. The van der Waals surface area contributed by atoms with Crippen LogP contribution in [0.15, 0.2) is 9.21 Å². The SMILES string of the molecule is CCOC(=O)c1nsc(=O)o1.FF. The van der Waals surface area contributed by atoms with Crippen molar-refractivity contribution in [2.45, 2.75) is 6.92 Å². The van der Waals surface area contributed by atoms with E-state index in [1.807, 2.05) is 0 Å². The summed E-state index contributed by atoms with van der Waals surface area (Å²) in [5, 5.41) is 0. The first kappa shape index (κ1) is 11.7. The van der Waals surface area contributed by atoms with E-state index in [0.29, 0.717) is 11.5 Å². The van der Waals surface area contributed by atoms with Crippen molar-refractivity contribution in [3.63, 3.8) is 0 Å². The van der Waals surface area contributed by atoms with E-state index in [1.54, 1.807) is 6.92 Å². The number of rotatable bonds is 2. The molecule has 1 aromatic heterocycles. The zero-order valence-electron chi connectivity index (χ0n) is 6.45. The molecule has 1 aromatic rings. The minimum absolute atomic E-state index is 0.236. The second-order valence-electron chi connectivity index (χ2n) is 1.56. The molecule has 0 spiro atoms. The predicted molar refractivity (Wildman–Crippen MR) is 38.8 cm³/mol. The molecule has 1 rings (SSSR count). The first-order valence-electron chi connectivity index (χ1n) is 3.02. The second kappa shape index (κ2) is 6.23. The molecule has 0 saturated carbocycles. The van der Waals surface area contributed by atoms with Gasteiger partial charge in [-0.2, -0.15) is 0 Å². The molecule has 0 aliphatic heterocycles. The van der Waals surface area contributed by atoms with Crippen LogP contribution in [0.5, 0.6) is 0 Å². The highest BCUT2D eigenvalue weighted by molar-refractivity contribution is 7.02. The number of aromatic nitrogens is 1. The van der Waals surface area contributed by atoms with Gasteiger partial charge in [0, 0.05) is 9.15 Å². The van der Waals surface area contributed by atoms with Crippen LogP contribution in [-0.4, -0.2) is 16.9 Å². The molecular weight excluding hydrogens is 208 g/mol. The molecular formula is C5H5F2NO4S. The van der Waals surface area contributed by atoms with Crippen LogP contribution in [0.4, 0.5) is 9.15 Å². The molecule has 0 unspecified atom stereocenters. The van der Waals surface area contributed by atoms with Crippen LogP contribution in [0.3, 0.4) is 0 Å². The van der Waals surface area contributed by atoms with E-state index < -0.39 is 10.9 Å². The van der Waals surface area contributed by atoms with Crippen molar-refractivity contribution >= 4 is 17.5 Å². The number of hydrogen-bond donors (Lipinski definition) is 0. The van der Waals surface area contributed by atoms with Crippen molar-refractivity contribution in [2.24, 2.45) is 0 Å². The Hall–Kier alpha value is -1.31. The fourth-order valence-corrected chi connectivity index (χ4v) is 0.852. The van der Waals surface area contributed by atoms with Gasteiger partial charge >= 0.3 is 16.8 Å². The van der Waals surface area contributed by atoms with Crippen LogP contribution in [0.2, 0.25) is 0 Å². The number of esters is 1. The molecule has 0 aliphatic rings. The van der Waals surface area contributed by atoms with E-state index >= 15 is 0 Å². The van der Waals surface area contributed by atoms with Gasteiger partial charge in [0.25, 0.3) is 0 Å². The number of carbonyl (C=O) groups is 1. The Kier molecular flexibility index (Phi) is 5.60. The van der Waals surface area contributed by atoms with Crippen molar-refractivity contribution in [2.75, 3.05) is 6.61 Å². The molecule has 5 nitrogen and oxygen atoms in total. The number of ether oxygens (including phenoxy) is 1. The van der Waals surface area contributed by atoms with Gasteiger partial charge in [-0.1, -0.05) is 0 Å². The van der Waals surface area contributed by atoms with E-state index in [2.05, 4.69) is 13.5 Å². The van der Waals surface area contributed by atoms with E-state index in [0.717, 1.165) is 0 Å². The number of halogens is 2. The quantitative estimate of drug-likeness (QED) is 0.688. The monoisotopic (exact) mass is 213 g/mol. The molecule has 0 N–H and O–H groups in total. The minimum atomic E-state index is -0.703. The smallest absolute Gasteiger partial charge is 0.414 e. The highest BCUT2D eigenvalue weighted by Gasteiger charge is 2.13. The molecule has 0 saturated heterocycles. The van der Waals surface area contributed by atoms with Crippen LogP contribution in [0.1, 0.15) is 17.6 Å². The maximum absolute atomic E-state index is 10.7. The standard InChI is InChI=1S/C5H5NO4S.F2/c1-2-9-4(7)3-6-11-5(8)10-3;1-2/h2H2,1H3;. The molecule has 0 amide bonds. The van der Waals surface area contributed by atoms with E-state index in [4.69, 9.17) is 9.15 Å². The summed E-state index contributed by atoms with van der Waals surface area (Å²) in [5.41, 5.74) is 0. The van der Waals surface area contributed by atoms with Crippen molar-refractivity contribution in [1.29, 1.82) is 0 Å². The lowest BCUT2D eigenvalue weighted by molar-refractivity contribution is 0.0479. The van der Waals surface area contributed by atoms with Gasteiger partial charge in [-0.15, -0.1) is 4.37 Å². The molecule has 0 fully saturated rings. The summed E-state index contributed by atoms with van der Waals surface area (Å²) in [7, 11) is 0.